The molecule has 4 heteroatoms. The minimum atomic E-state index is -0.364. The van der Waals surface area contributed by atoms with Crippen LogP contribution in [0.1, 0.15) is 18.1 Å². The molecule has 3 nitrogen and oxygen atoms in total. The number of benzene rings is 1. The summed E-state index contributed by atoms with van der Waals surface area (Å²) in [6, 6.07) is 4.98. The van der Waals surface area contributed by atoms with Gasteiger partial charge in [0.15, 0.2) is 0 Å². The minimum absolute atomic E-state index is 0.177. The largest absolute Gasteiger partial charge is 0.272 e. The highest BCUT2D eigenvalue weighted by molar-refractivity contribution is 6.17. The molecule has 0 spiro atoms. The average Bonchev–Trinajstić information content (AvgIpc) is 2.16. The summed E-state index contributed by atoms with van der Waals surface area (Å²) < 4.78 is 0. The molecule has 0 fully saturated rings. The molecule has 1 aromatic rings. The zero-order chi connectivity index (χ0) is 9.84. The molecule has 70 valence electrons. The van der Waals surface area contributed by atoms with E-state index >= 15 is 0 Å². The first-order valence-corrected chi connectivity index (χ1v) is 4.54. The third-order valence-corrected chi connectivity index (χ3v) is 2.18. The van der Waals surface area contributed by atoms with E-state index in [2.05, 4.69) is 0 Å². The second-order valence-electron chi connectivity index (χ2n) is 2.71. The van der Waals surface area contributed by atoms with Crippen molar-refractivity contribution in [2.75, 3.05) is 0 Å². The van der Waals surface area contributed by atoms with Crippen molar-refractivity contribution in [2.45, 2.75) is 19.2 Å². The summed E-state index contributed by atoms with van der Waals surface area (Å²) in [5.41, 5.74) is 1.84. The molecule has 1 aromatic carbocycles. The number of hydrogen-bond donors (Lipinski definition) is 0. The van der Waals surface area contributed by atoms with Gasteiger partial charge in [-0.25, -0.2) is 0 Å². The molecule has 0 saturated heterocycles. The predicted octanol–water partition coefficient (Wildman–Crippen LogP) is 2.90. The fourth-order valence-electron chi connectivity index (χ4n) is 1.18. The molecule has 0 atom stereocenters. The Morgan fingerprint density at radius 2 is 2.23 bits per heavy atom. The van der Waals surface area contributed by atoms with Gasteiger partial charge in [0.1, 0.15) is 0 Å². The van der Waals surface area contributed by atoms with Crippen LogP contribution in [-0.4, -0.2) is 4.92 Å². The van der Waals surface area contributed by atoms with Gasteiger partial charge < -0.3 is 0 Å². The zero-order valence-electron chi connectivity index (χ0n) is 7.29. The molecule has 0 N–H and O–H groups in total. The van der Waals surface area contributed by atoms with Crippen molar-refractivity contribution in [3.63, 3.8) is 0 Å². The van der Waals surface area contributed by atoms with Crippen LogP contribution < -0.4 is 0 Å². The molecule has 0 amide bonds. The molecular formula is C9H10ClNO2. The van der Waals surface area contributed by atoms with Crippen molar-refractivity contribution in [3.8, 4) is 0 Å². The van der Waals surface area contributed by atoms with Crippen molar-refractivity contribution >= 4 is 17.3 Å². The van der Waals surface area contributed by atoms with E-state index in [1.807, 2.05) is 6.92 Å². The first kappa shape index (κ1) is 9.99. The third kappa shape index (κ3) is 2.18. The Bertz CT molecular complexity index is 325. The van der Waals surface area contributed by atoms with Crippen LogP contribution in [0.2, 0.25) is 0 Å². The number of alkyl halides is 1. The lowest BCUT2D eigenvalue weighted by Gasteiger charge is -2.01. The molecule has 0 bridgehead atoms. The highest BCUT2D eigenvalue weighted by atomic mass is 35.5. The minimum Gasteiger partial charge on any atom is -0.258 e. The maximum Gasteiger partial charge on any atom is 0.272 e. The number of halogens is 1. The van der Waals surface area contributed by atoms with Crippen LogP contribution in [0.3, 0.4) is 0 Å². The SMILES string of the molecule is CCc1cc(CCl)ccc1[N+](=O)[O-]. The van der Waals surface area contributed by atoms with Gasteiger partial charge in [0.05, 0.1) is 4.92 Å². The van der Waals surface area contributed by atoms with Crippen molar-refractivity contribution in [2.24, 2.45) is 0 Å². The molecule has 0 radical (unpaired) electrons. The quantitative estimate of drug-likeness (QED) is 0.427. The van der Waals surface area contributed by atoms with Gasteiger partial charge in [0.2, 0.25) is 0 Å². The zero-order valence-corrected chi connectivity index (χ0v) is 8.04. The van der Waals surface area contributed by atoms with Crippen LogP contribution in [0.25, 0.3) is 0 Å². The van der Waals surface area contributed by atoms with Crippen molar-refractivity contribution < 1.29 is 4.92 Å². The number of nitro benzene ring substituents is 1. The number of nitro groups is 1. The van der Waals surface area contributed by atoms with E-state index in [4.69, 9.17) is 11.6 Å². The molecule has 13 heavy (non-hydrogen) atoms. The van der Waals surface area contributed by atoms with Gasteiger partial charge >= 0.3 is 0 Å². The van der Waals surface area contributed by atoms with Crippen LogP contribution >= 0.6 is 11.6 Å². The van der Waals surface area contributed by atoms with E-state index in [9.17, 15) is 10.1 Å². The maximum absolute atomic E-state index is 10.6. The van der Waals surface area contributed by atoms with Crippen molar-refractivity contribution in [1.29, 1.82) is 0 Å². The van der Waals surface area contributed by atoms with Gasteiger partial charge in [0, 0.05) is 17.5 Å². The van der Waals surface area contributed by atoms with E-state index in [0.717, 1.165) is 11.1 Å². The summed E-state index contributed by atoms with van der Waals surface area (Å²) in [6.45, 7) is 1.89. The topological polar surface area (TPSA) is 43.1 Å². The molecule has 0 unspecified atom stereocenters. The van der Waals surface area contributed by atoms with Crippen LogP contribution in [0.4, 0.5) is 5.69 Å². The Kier molecular flexibility index (Phi) is 3.25. The smallest absolute Gasteiger partial charge is 0.258 e. The van der Waals surface area contributed by atoms with E-state index < -0.39 is 0 Å². The van der Waals surface area contributed by atoms with Gasteiger partial charge in [-0.3, -0.25) is 10.1 Å². The Morgan fingerprint density at radius 1 is 1.54 bits per heavy atom. The first-order valence-electron chi connectivity index (χ1n) is 4.01. The van der Waals surface area contributed by atoms with Crippen molar-refractivity contribution in [3.05, 3.63) is 39.4 Å². The van der Waals surface area contributed by atoms with E-state index in [1.165, 1.54) is 6.07 Å². The second kappa shape index (κ2) is 4.23. The van der Waals surface area contributed by atoms with Gasteiger partial charge in [-0.2, -0.15) is 0 Å². The number of aryl methyl sites for hydroxylation is 1. The highest BCUT2D eigenvalue weighted by Gasteiger charge is 2.11. The van der Waals surface area contributed by atoms with Crippen LogP contribution in [-0.2, 0) is 12.3 Å². The fourth-order valence-corrected chi connectivity index (χ4v) is 1.35. The summed E-state index contributed by atoms with van der Waals surface area (Å²) in [6.07, 6.45) is 0.654. The van der Waals surface area contributed by atoms with Gasteiger partial charge in [-0.05, 0) is 18.1 Å². The molecule has 0 aromatic heterocycles. The van der Waals surface area contributed by atoms with Gasteiger partial charge in [-0.15, -0.1) is 11.6 Å². The Hall–Kier alpha value is -1.09. The lowest BCUT2D eigenvalue weighted by molar-refractivity contribution is -0.385. The number of rotatable bonds is 3. The van der Waals surface area contributed by atoms with Gasteiger partial charge in [-0.1, -0.05) is 13.0 Å². The Labute approximate surface area is 81.5 Å². The van der Waals surface area contributed by atoms with Crippen LogP contribution in [0.5, 0.6) is 0 Å². The van der Waals surface area contributed by atoms with E-state index in [-0.39, 0.29) is 10.6 Å². The van der Waals surface area contributed by atoms with E-state index in [1.54, 1.807) is 12.1 Å². The van der Waals surface area contributed by atoms with Crippen LogP contribution in [0.15, 0.2) is 18.2 Å². The maximum atomic E-state index is 10.6. The fraction of sp³-hybridized carbons (Fsp3) is 0.333. The monoisotopic (exact) mass is 199 g/mol. The normalized spacial score (nSPS) is 10.0. The molecule has 0 aliphatic carbocycles. The second-order valence-corrected chi connectivity index (χ2v) is 2.97. The summed E-state index contributed by atoms with van der Waals surface area (Å²) in [5.74, 6) is 0.394. The third-order valence-electron chi connectivity index (χ3n) is 1.88. The van der Waals surface area contributed by atoms with Crippen LogP contribution in [0, 0.1) is 10.1 Å². The lowest BCUT2D eigenvalue weighted by atomic mass is 10.1. The number of nitrogens with zero attached hydrogens (tertiary/aromatic N) is 1. The predicted molar refractivity (Wildman–Crippen MR) is 52.0 cm³/mol. The molecule has 0 aliphatic heterocycles. The van der Waals surface area contributed by atoms with Crippen molar-refractivity contribution in [1.82, 2.24) is 0 Å². The average molecular weight is 200 g/mol. The first-order chi connectivity index (χ1) is 6.19. The summed E-state index contributed by atoms with van der Waals surface area (Å²) in [5, 5.41) is 10.6. The molecule has 0 saturated carbocycles. The van der Waals surface area contributed by atoms with Gasteiger partial charge in [0.25, 0.3) is 5.69 Å². The molecule has 0 heterocycles. The Balaban J connectivity index is 3.15. The lowest BCUT2D eigenvalue weighted by Crippen LogP contribution is -1.95. The molecule has 0 aliphatic rings. The molecule has 1 rings (SSSR count). The van der Waals surface area contributed by atoms with E-state index in [0.29, 0.717) is 12.3 Å². The summed E-state index contributed by atoms with van der Waals surface area (Å²) >= 11 is 5.62. The standard InChI is InChI=1S/C9H10ClNO2/c1-2-8-5-7(6-10)3-4-9(8)11(12)13/h3-5H,2,6H2,1H3. The Morgan fingerprint density at radius 3 is 2.69 bits per heavy atom. The number of hydrogen-bond acceptors (Lipinski definition) is 2. The summed E-state index contributed by atoms with van der Waals surface area (Å²) in [7, 11) is 0. The highest BCUT2D eigenvalue weighted by Crippen LogP contribution is 2.21. The summed E-state index contributed by atoms with van der Waals surface area (Å²) in [4.78, 5) is 10.2. The molecular weight excluding hydrogens is 190 g/mol.